The molecule has 0 atom stereocenters. The van der Waals surface area contributed by atoms with E-state index in [4.69, 9.17) is 4.74 Å². The topological polar surface area (TPSA) is 88.2 Å². The monoisotopic (exact) mass is 406 g/mol. The fraction of sp³-hybridized carbons (Fsp3) is 0.143. The molecule has 0 aliphatic heterocycles. The van der Waals surface area contributed by atoms with Crippen LogP contribution in [0.1, 0.15) is 28.7 Å². The van der Waals surface area contributed by atoms with Gasteiger partial charge in [-0.05, 0) is 30.7 Å². The first-order chi connectivity index (χ1) is 14.0. The number of rotatable bonds is 5. The lowest BCUT2D eigenvalue weighted by Crippen LogP contribution is -2.22. The number of aromatic amines is 1. The molecule has 0 unspecified atom stereocenters. The second-order valence-corrected chi connectivity index (χ2v) is 7.35. The molecule has 0 saturated heterocycles. The number of hydrogen-bond donors (Lipinski definition) is 1. The molecule has 0 fully saturated rings. The zero-order chi connectivity index (χ0) is 20.4. The molecule has 1 amide bonds. The number of nitrogens with one attached hydrogen (secondary N) is 1. The van der Waals surface area contributed by atoms with E-state index in [1.54, 1.807) is 10.3 Å². The summed E-state index contributed by atoms with van der Waals surface area (Å²) in [6, 6.07) is 15.0. The normalized spacial score (nSPS) is 10.8. The van der Waals surface area contributed by atoms with E-state index >= 15 is 0 Å². The van der Waals surface area contributed by atoms with Crippen molar-refractivity contribution in [2.24, 2.45) is 0 Å². The van der Waals surface area contributed by atoms with Crippen LogP contribution >= 0.6 is 11.3 Å². The Labute approximate surface area is 171 Å². The van der Waals surface area contributed by atoms with Gasteiger partial charge in [-0.25, -0.2) is 9.78 Å². The summed E-state index contributed by atoms with van der Waals surface area (Å²) in [6.07, 6.45) is 0. The van der Waals surface area contributed by atoms with Crippen LogP contribution in [0.15, 0.2) is 53.9 Å². The molecule has 0 bridgehead atoms. The van der Waals surface area contributed by atoms with Gasteiger partial charge in [0, 0.05) is 17.7 Å². The molecular formula is C21H18N4O3S. The molecule has 2 heterocycles. The molecule has 4 aromatic rings. The van der Waals surface area contributed by atoms with Crippen LogP contribution in [0.2, 0.25) is 0 Å². The third-order valence-electron chi connectivity index (χ3n) is 4.32. The van der Waals surface area contributed by atoms with Crippen LogP contribution in [0.4, 0.5) is 10.8 Å². The zero-order valence-electron chi connectivity index (χ0n) is 15.9. The Morgan fingerprint density at radius 3 is 2.79 bits per heavy atom. The minimum Gasteiger partial charge on any atom is -0.454 e. The van der Waals surface area contributed by atoms with E-state index in [9.17, 15) is 9.59 Å². The van der Waals surface area contributed by atoms with Crippen molar-refractivity contribution in [1.29, 1.82) is 0 Å². The third-order valence-corrected chi connectivity index (χ3v) is 5.20. The summed E-state index contributed by atoms with van der Waals surface area (Å²) in [6.45, 7) is 3.45. The highest BCUT2D eigenvalue weighted by Crippen LogP contribution is 2.29. The van der Waals surface area contributed by atoms with E-state index in [1.807, 2.05) is 55.5 Å². The summed E-state index contributed by atoms with van der Waals surface area (Å²) in [5.41, 5.74) is 3.37. The molecule has 2 aromatic heterocycles. The van der Waals surface area contributed by atoms with Gasteiger partial charge in [0.2, 0.25) is 5.91 Å². The van der Waals surface area contributed by atoms with Gasteiger partial charge < -0.3 is 4.74 Å². The number of carbonyl (C=O) groups excluding carboxylic acids is 2. The van der Waals surface area contributed by atoms with Crippen molar-refractivity contribution in [3.63, 3.8) is 0 Å². The minimum atomic E-state index is -0.529. The van der Waals surface area contributed by atoms with E-state index in [1.165, 1.54) is 18.3 Å². The molecule has 0 aliphatic carbocycles. The number of amides is 1. The number of nitrogens with zero attached hydrogens (tertiary/aromatic N) is 3. The van der Waals surface area contributed by atoms with Crippen LogP contribution < -0.4 is 4.90 Å². The van der Waals surface area contributed by atoms with Crippen LogP contribution in [-0.4, -0.2) is 27.1 Å². The fourth-order valence-electron chi connectivity index (χ4n) is 2.99. The largest absolute Gasteiger partial charge is 0.454 e. The number of carbonyl (C=O) groups is 2. The molecule has 1 N–H and O–H groups in total. The van der Waals surface area contributed by atoms with Crippen LogP contribution in [0.5, 0.6) is 0 Å². The first-order valence-corrected chi connectivity index (χ1v) is 9.83. The number of thiazole rings is 1. The van der Waals surface area contributed by atoms with Gasteiger partial charge in [-0.1, -0.05) is 30.3 Å². The highest BCUT2D eigenvalue weighted by molar-refractivity contribution is 7.14. The van der Waals surface area contributed by atoms with Crippen LogP contribution in [0.25, 0.3) is 10.9 Å². The number of esters is 1. The molecule has 7 nitrogen and oxygen atoms in total. The first kappa shape index (κ1) is 18.8. The van der Waals surface area contributed by atoms with Gasteiger partial charge >= 0.3 is 5.97 Å². The molecule has 8 heteroatoms. The summed E-state index contributed by atoms with van der Waals surface area (Å²) in [7, 11) is 0. The number of hydrogen-bond acceptors (Lipinski definition) is 6. The van der Waals surface area contributed by atoms with E-state index in [0.717, 1.165) is 16.8 Å². The fourth-order valence-corrected chi connectivity index (χ4v) is 3.86. The maximum absolute atomic E-state index is 12.4. The van der Waals surface area contributed by atoms with E-state index in [0.29, 0.717) is 16.2 Å². The molecule has 0 aliphatic rings. The van der Waals surface area contributed by atoms with Crippen LogP contribution in [-0.2, 0) is 16.1 Å². The SMILES string of the molecule is CC(=O)N(c1cccc(C)c1)c1nc(COC(=O)c2n[nH]c3ccccc23)cs1. The molecule has 4 rings (SSSR count). The lowest BCUT2D eigenvalue weighted by molar-refractivity contribution is -0.115. The van der Waals surface area contributed by atoms with Gasteiger partial charge in [-0.15, -0.1) is 11.3 Å². The third kappa shape index (κ3) is 3.88. The van der Waals surface area contributed by atoms with Crippen molar-refractivity contribution >= 4 is 44.9 Å². The van der Waals surface area contributed by atoms with Crippen molar-refractivity contribution in [3.8, 4) is 0 Å². The average molecular weight is 406 g/mol. The summed E-state index contributed by atoms with van der Waals surface area (Å²) in [4.78, 5) is 30.6. The van der Waals surface area contributed by atoms with Crippen molar-refractivity contribution in [2.75, 3.05) is 4.90 Å². The standard InChI is InChI=1S/C21H18N4O3S/c1-13-6-5-7-16(10-13)25(14(2)26)21-22-15(12-29-21)11-28-20(27)19-17-8-3-4-9-18(17)23-24-19/h3-10,12H,11H2,1-2H3,(H,23,24). The maximum Gasteiger partial charge on any atom is 0.359 e. The number of ether oxygens (including phenoxy) is 1. The smallest absolute Gasteiger partial charge is 0.359 e. The average Bonchev–Trinajstić information content (AvgIpc) is 3.33. The molecule has 2 aromatic carbocycles. The summed E-state index contributed by atoms with van der Waals surface area (Å²) >= 11 is 1.32. The van der Waals surface area contributed by atoms with Gasteiger partial charge in [0.25, 0.3) is 0 Å². The zero-order valence-corrected chi connectivity index (χ0v) is 16.7. The highest BCUT2D eigenvalue weighted by Gasteiger charge is 2.20. The lowest BCUT2D eigenvalue weighted by Gasteiger charge is -2.18. The van der Waals surface area contributed by atoms with Crippen molar-refractivity contribution in [1.82, 2.24) is 15.2 Å². The van der Waals surface area contributed by atoms with Crippen LogP contribution in [0.3, 0.4) is 0 Å². The Hall–Kier alpha value is -3.52. The number of anilines is 2. The van der Waals surface area contributed by atoms with Gasteiger partial charge in [-0.2, -0.15) is 5.10 Å². The minimum absolute atomic E-state index is 0.00389. The molecule has 0 saturated carbocycles. The number of aryl methyl sites for hydroxylation is 1. The Morgan fingerprint density at radius 2 is 2.00 bits per heavy atom. The molecule has 146 valence electrons. The number of aromatic nitrogens is 3. The van der Waals surface area contributed by atoms with Gasteiger partial charge in [0.05, 0.1) is 16.9 Å². The van der Waals surface area contributed by atoms with Crippen LogP contribution in [0, 0.1) is 6.92 Å². The van der Waals surface area contributed by atoms with Crippen molar-refractivity contribution in [3.05, 3.63) is 70.9 Å². The number of H-pyrrole nitrogens is 1. The predicted octanol–water partition coefficient (Wildman–Crippen LogP) is 4.37. The van der Waals surface area contributed by atoms with Gasteiger partial charge in [0.1, 0.15) is 6.61 Å². The highest BCUT2D eigenvalue weighted by atomic mass is 32.1. The number of para-hydroxylation sites is 1. The van der Waals surface area contributed by atoms with E-state index < -0.39 is 5.97 Å². The molecule has 29 heavy (non-hydrogen) atoms. The number of benzene rings is 2. The van der Waals surface area contributed by atoms with Crippen molar-refractivity contribution in [2.45, 2.75) is 20.5 Å². The number of fused-ring (bicyclic) bond motifs is 1. The van der Waals surface area contributed by atoms with Gasteiger partial charge in [-0.3, -0.25) is 14.8 Å². The lowest BCUT2D eigenvalue weighted by atomic mass is 10.2. The second kappa shape index (κ2) is 7.84. The first-order valence-electron chi connectivity index (χ1n) is 8.95. The molecular weight excluding hydrogens is 388 g/mol. The Morgan fingerprint density at radius 1 is 1.17 bits per heavy atom. The maximum atomic E-state index is 12.4. The summed E-state index contributed by atoms with van der Waals surface area (Å²) < 4.78 is 5.38. The summed E-state index contributed by atoms with van der Waals surface area (Å²) in [5, 5.41) is 9.86. The van der Waals surface area contributed by atoms with E-state index in [-0.39, 0.29) is 18.2 Å². The van der Waals surface area contributed by atoms with Gasteiger partial charge in [0.15, 0.2) is 10.8 Å². The van der Waals surface area contributed by atoms with Crippen molar-refractivity contribution < 1.29 is 14.3 Å². The Bertz CT molecular complexity index is 1200. The summed E-state index contributed by atoms with van der Waals surface area (Å²) in [5.74, 6) is -0.671. The quantitative estimate of drug-likeness (QED) is 0.497. The van der Waals surface area contributed by atoms with E-state index in [2.05, 4.69) is 15.2 Å². The molecule has 0 spiro atoms. The Kier molecular flexibility index (Phi) is 5.09. The molecule has 0 radical (unpaired) electrons. The predicted molar refractivity (Wildman–Crippen MR) is 111 cm³/mol. The Balaban J connectivity index is 1.50. The second-order valence-electron chi connectivity index (χ2n) is 6.51.